The summed E-state index contributed by atoms with van der Waals surface area (Å²) in [5.74, 6) is 0.683. The van der Waals surface area contributed by atoms with Crippen LogP contribution in [0.2, 0.25) is 5.02 Å². The van der Waals surface area contributed by atoms with Crippen molar-refractivity contribution < 1.29 is 9.45 Å². The lowest BCUT2D eigenvalue weighted by Gasteiger charge is -2.04. The minimum absolute atomic E-state index is 0.0469. The van der Waals surface area contributed by atoms with Crippen LogP contribution < -0.4 is 5.32 Å². The van der Waals surface area contributed by atoms with E-state index >= 15 is 0 Å². The average molecular weight is 282 g/mol. The van der Waals surface area contributed by atoms with Crippen molar-refractivity contribution in [2.75, 3.05) is 0 Å². The average Bonchev–Trinajstić information content (AvgIpc) is 2.75. The number of hydrogen-bond donors (Lipinski definition) is 1. The minimum atomic E-state index is -0.425. The number of rotatable bonds is 5. The van der Waals surface area contributed by atoms with Gasteiger partial charge in [-0.05, 0) is 19.1 Å². The summed E-state index contributed by atoms with van der Waals surface area (Å²) in [5, 5.41) is 18.2. The molecule has 100 valence electrons. The highest BCUT2D eigenvalue weighted by Gasteiger charge is 2.13. The Labute approximate surface area is 114 Å². The van der Waals surface area contributed by atoms with Crippen molar-refractivity contribution in [1.29, 1.82) is 0 Å². The van der Waals surface area contributed by atoms with Crippen molar-refractivity contribution >= 4 is 17.3 Å². The maximum atomic E-state index is 10.9. The Balaban J connectivity index is 2.02. The van der Waals surface area contributed by atoms with Crippen molar-refractivity contribution in [2.24, 2.45) is 0 Å². The normalized spacial score (nSPS) is 10.6. The van der Waals surface area contributed by atoms with Crippen molar-refractivity contribution in [3.05, 3.63) is 56.4 Å². The van der Waals surface area contributed by atoms with Gasteiger partial charge in [0.2, 0.25) is 0 Å². The van der Waals surface area contributed by atoms with E-state index in [4.69, 9.17) is 16.1 Å². The Morgan fingerprint density at radius 2 is 2.21 bits per heavy atom. The molecule has 0 saturated heterocycles. The maximum Gasteiger partial charge on any atom is 0.273 e. The third-order valence-corrected chi connectivity index (χ3v) is 2.76. The smallest absolute Gasteiger partial charge is 0.273 e. The predicted octanol–water partition coefficient (Wildman–Crippen LogP) is 2.83. The summed E-state index contributed by atoms with van der Waals surface area (Å²) in [6.07, 6.45) is 0. The monoisotopic (exact) mass is 281 g/mol. The van der Waals surface area contributed by atoms with E-state index in [9.17, 15) is 10.1 Å². The molecule has 0 amide bonds. The molecule has 1 aromatic heterocycles. The summed E-state index contributed by atoms with van der Waals surface area (Å²) >= 11 is 5.84. The second-order valence-electron chi connectivity index (χ2n) is 4.07. The number of hydrogen-bond acceptors (Lipinski definition) is 5. The molecule has 1 heterocycles. The molecular weight excluding hydrogens is 270 g/mol. The van der Waals surface area contributed by atoms with Crippen LogP contribution in [0, 0.1) is 17.0 Å². The van der Waals surface area contributed by atoms with E-state index in [2.05, 4.69) is 10.5 Å². The summed E-state index contributed by atoms with van der Waals surface area (Å²) in [5.41, 5.74) is 1.38. The van der Waals surface area contributed by atoms with Gasteiger partial charge in [0.05, 0.1) is 17.2 Å². The lowest BCUT2D eigenvalue weighted by molar-refractivity contribution is -0.385. The molecule has 19 heavy (non-hydrogen) atoms. The van der Waals surface area contributed by atoms with Gasteiger partial charge in [-0.3, -0.25) is 10.1 Å². The van der Waals surface area contributed by atoms with E-state index in [1.54, 1.807) is 12.1 Å². The molecule has 7 heteroatoms. The van der Waals surface area contributed by atoms with E-state index in [-0.39, 0.29) is 5.69 Å². The lowest BCUT2D eigenvalue weighted by atomic mass is 10.2. The Morgan fingerprint density at radius 3 is 2.84 bits per heavy atom. The summed E-state index contributed by atoms with van der Waals surface area (Å²) in [7, 11) is 0. The lowest BCUT2D eigenvalue weighted by Crippen LogP contribution is -2.13. The van der Waals surface area contributed by atoms with Gasteiger partial charge in [0.25, 0.3) is 5.69 Å². The molecule has 2 rings (SSSR count). The second kappa shape index (κ2) is 5.81. The van der Waals surface area contributed by atoms with Crippen molar-refractivity contribution in [2.45, 2.75) is 20.0 Å². The molecule has 0 saturated carbocycles. The van der Waals surface area contributed by atoms with Gasteiger partial charge in [0.15, 0.2) is 5.76 Å². The highest BCUT2D eigenvalue weighted by Crippen LogP contribution is 2.22. The molecule has 0 aliphatic heterocycles. The van der Waals surface area contributed by atoms with Crippen LogP contribution in [-0.2, 0) is 13.1 Å². The molecule has 0 atom stereocenters. The molecule has 0 bridgehead atoms. The maximum absolute atomic E-state index is 10.9. The van der Waals surface area contributed by atoms with Crippen LogP contribution in [0.25, 0.3) is 0 Å². The van der Waals surface area contributed by atoms with E-state index in [0.717, 1.165) is 5.69 Å². The largest absolute Gasteiger partial charge is 0.360 e. The first-order chi connectivity index (χ1) is 9.06. The Hall–Kier alpha value is -1.92. The van der Waals surface area contributed by atoms with Crippen LogP contribution in [0.1, 0.15) is 17.0 Å². The van der Waals surface area contributed by atoms with Gasteiger partial charge in [-0.15, -0.1) is 0 Å². The summed E-state index contributed by atoms with van der Waals surface area (Å²) in [4.78, 5) is 10.5. The van der Waals surface area contributed by atoms with Gasteiger partial charge >= 0.3 is 0 Å². The first kappa shape index (κ1) is 13.5. The molecule has 0 radical (unpaired) electrons. The number of nitrogens with zero attached hydrogens (tertiary/aromatic N) is 2. The number of nitrogens with one attached hydrogen (secondary N) is 1. The fourth-order valence-electron chi connectivity index (χ4n) is 1.69. The van der Waals surface area contributed by atoms with Gasteiger partial charge in [-0.25, -0.2) is 0 Å². The molecule has 2 aromatic rings. The Kier molecular flexibility index (Phi) is 4.13. The third kappa shape index (κ3) is 3.52. The van der Waals surface area contributed by atoms with Crippen LogP contribution >= 0.6 is 11.6 Å². The number of halogens is 1. The van der Waals surface area contributed by atoms with Gasteiger partial charge < -0.3 is 9.84 Å². The molecule has 0 unspecified atom stereocenters. The zero-order valence-corrected chi connectivity index (χ0v) is 11.0. The van der Waals surface area contributed by atoms with E-state index in [0.29, 0.717) is 29.4 Å². The molecule has 1 N–H and O–H groups in total. The van der Waals surface area contributed by atoms with E-state index < -0.39 is 4.92 Å². The fraction of sp³-hybridized carbons (Fsp3) is 0.250. The zero-order valence-electron chi connectivity index (χ0n) is 10.2. The minimum Gasteiger partial charge on any atom is -0.360 e. The van der Waals surface area contributed by atoms with Crippen LogP contribution in [0.5, 0.6) is 0 Å². The summed E-state index contributed by atoms with van der Waals surface area (Å²) < 4.78 is 5.03. The third-order valence-electron chi connectivity index (χ3n) is 2.53. The topological polar surface area (TPSA) is 81.2 Å². The number of aryl methyl sites for hydroxylation is 1. The molecule has 0 spiro atoms. The second-order valence-corrected chi connectivity index (χ2v) is 4.50. The van der Waals surface area contributed by atoms with Crippen molar-refractivity contribution in [3.8, 4) is 0 Å². The molecule has 1 aromatic carbocycles. The zero-order chi connectivity index (χ0) is 13.8. The highest BCUT2D eigenvalue weighted by atomic mass is 35.5. The first-order valence-corrected chi connectivity index (χ1v) is 6.00. The van der Waals surface area contributed by atoms with Gasteiger partial charge in [-0.2, -0.15) is 0 Å². The number of benzene rings is 1. The van der Waals surface area contributed by atoms with Crippen LogP contribution in [0.4, 0.5) is 5.69 Å². The standard InChI is InChI=1S/C12H12ClN3O3/c1-8-4-11(19-15-8)7-14-6-9-5-10(13)2-3-12(9)16(17)18/h2-5,14H,6-7H2,1H3. The van der Waals surface area contributed by atoms with Crippen molar-refractivity contribution in [3.63, 3.8) is 0 Å². The fourth-order valence-corrected chi connectivity index (χ4v) is 1.89. The Bertz CT molecular complexity index is 598. The predicted molar refractivity (Wildman–Crippen MR) is 69.9 cm³/mol. The van der Waals surface area contributed by atoms with E-state index in [1.807, 2.05) is 6.92 Å². The van der Waals surface area contributed by atoms with Gasteiger partial charge in [0, 0.05) is 29.3 Å². The molecule has 6 nitrogen and oxygen atoms in total. The SMILES string of the molecule is Cc1cc(CNCc2cc(Cl)ccc2[N+](=O)[O-])on1. The highest BCUT2D eigenvalue weighted by molar-refractivity contribution is 6.30. The molecule has 0 aliphatic rings. The van der Waals surface area contributed by atoms with Crippen LogP contribution in [0.15, 0.2) is 28.8 Å². The first-order valence-electron chi connectivity index (χ1n) is 5.62. The van der Waals surface area contributed by atoms with Crippen molar-refractivity contribution in [1.82, 2.24) is 10.5 Å². The van der Waals surface area contributed by atoms with Gasteiger partial charge in [-0.1, -0.05) is 16.8 Å². The number of nitro groups is 1. The Morgan fingerprint density at radius 1 is 1.42 bits per heavy atom. The number of aromatic nitrogens is 1. The molecule has 0 fully saturated rings. The molecular formula is C12H12ClN3O3. The number of nitro benzene ring substituents is 1. The van der Waals surface area contributed by atoms with Crippen LogP contribution in [0.3, 0.4) is 0 Å². The molecule has 0 aliphatic carbocycles. The van der Waals surface area contributed by atoms with E-state index in [1.165, 1.54) is 12.1 Å². The van der Waals surface area contributed by atoms with Gasteiger partial charge in [0.1, 0.15) is 0 Å². The summed E-state index contributed by atoms with van der Waals surface area (Å²) in [6, 6.07) is 6.29. The quantitative estimate of drug-likeness (QED) is 0.673. The van der Waals surface area contributed by atoms with Crippen LogP contribution in [-0.4, -0.2) is 10.1 Å². The summed E-state index contributed by atoms with van der Waals surface area (Å²) in [6.45, 7) is 2.61.